The molecule has 0 aromatic carbocycles. The molecule has 1 aliphatic heterocycles. The predicted molar refractivity (Wildman–Crippen MR) is 68.1 cm³/mol. The molecule has 2 fully saturated rings. The van der Waals surface area contributed by atoms with Gasteiger partial charge in [-0.25, -0.2) is 0 Å². The second-order valence-electron chi connectivity index (χ2n) is 5.63. The molecule has 1 saturated carbocycles. The van der Waals surface area contributed by atoms with Crippen molar-refractivity contribution in [3.05, 3.63) is 35.9 Å². The first kappa shape index (κ1) is 11.7. The van der Waals surface area contributed by atoms with Gasteiger partial charge in [-0.3, -0.25) is 4.79 Å². The Morgan fingerprint density at radius 3 is 3.00 bits per heavy atom. The molecule has 0 radical (unpaired) electrons. The lowest BCUT2D eigenvalue weighted by atomic mass is 10.1. The Hall–Kier alpha value is -2.11. The van der Waals surface area contributed by atoms with Gasteiger partial charge in [0.1, 0.15) is 5.76 Å². The Morgan fingerprint density at radius 1 is 1.40 bits per heavy atom. The van der Waals surface area contributed by atoms with E-state index in [0.717, 1.165) is 12.2 Å². The molecule has 1 aliphatic carbocycles. The zero-order valence-corrected chi connectivity index (χ0v) is 11.2. The molecule has 4 rings (SSSR count). The first-order chi connectivity index (χ1) is 9.72. The summed E-state index contributed by atoms with van der Waals surface area (Å²) in [5.41, 5.74) is 0. The van der Waals surface area contributed by atoms with Gasteiger partial charge in [-0.2, -0.15) is 4.98 Å². The molecule has 2 aromatic rings. The molecule has 104 valence electrons. The van der Waals surface area contributed by atoms with Crippen molar-refractivity contribution in [1.29, 1.82) is 0 Å². The molecular weight excluding hydrogens is 258 g/mol. The van der Waals surface area contributed by atoms with E-state index >= 15 is 0 Å². The number of rotatable bonds is 3. The van der Waals surface area contributed by atoms with Crippen LogP contribution in [0.15, 0.2) is 27.3 Å². The molecule has 0 spiro atoms. The highest BCUT2D eigenvalue weighted by Crippen LogP contribution is 2.54. The minimum absolute atomic E-state index is 0.0609. The highest BCUT2D eigenvalue weighted by atomic mass is 16.5. The van der Waals surface area contributed by atoms with Gasteiger partial charge in [0, 0.05) is 37.8 Å². The number of nitrogens with zero attached hydrogens (tertiary/aromatic N) is 3. The molecule has 0 unspecified atom stereocenters. The second kappa shape index (κ2) is 4.19. The quantitative estimate of drug-likeness (QED) is 0.853. The fourth-order valence-corrected chi connectivity index (χ4v) is 2.88. The third-order valence-electron chi connectivity index (χ3n) is 4.18. The SMILES string of the molecule is CN1C[C@H](c2noc([C@@H]3C[C@H]3c3ccco3)n2)CC1=O. The Morgan fingerprint density at radius 2 is 2.30 bits per heavy atom. The van der Waals surface area contributed by atoms with E-state index in [9.17, 15) is 4.79 Å². The van der Waals surface area contributed by atoms with Gasteiger partial charge in [-0.1, -0.05) is 5.16 Å². The van der Waals surface area contributed by atoms with Crippen molar-refractivity contribution in [1.82, 2.24) is 15.0 Å². The van der Waals surface area contributed by atoms with E-state index in [4.69, 9.17) is 8.94 Å². The third-order valence-corrected chi connectivity index (χ3v) is 4.18. The van der Waals surface area contributed by atoms with Gasteiger partial charge in [0.2, 0.25) is 11.8 Å². The van der Waals surface area contributed by atoms with Gasteiger partial charge in [-0.05, 0) is 18.6 Å². The van der Waals surface area contributed by atoms with E-state index in [1.807, 2.05) is 12.1 Å². The minimum atomic E-state index is 0.0609. The average Bonchev–Trinajstić information content (AvgIpc) is 2.89. The van der Waals surface area contributed by atoms with E-state index in [2.05, 4.69) is 10.1 Å². The van der Waals surface area contributed by atoms with Crippen LogP contribution in [0.4, 0.5) is 0 Å². The zero-order valence-electron chi connectivity index (χ0n) is 11.2. The summed E-state index contributed by atoms with van der Waals surface area (Å²) in [5, 5.41) is 4.05. The van der Waals surface area contributed by atoms with Gasteiger partial charge in [0.05, 0.1) is 6.26 Å². The molecule has 6 heteroatoms. The molecule has 2 aliphatic rings. The standard InChI is InChI=1S/C14H15N3O3/c1-17-7-8(5-12(17)18)13-15-14(20-16-13)10-6-9(10)11-3-2-4-19-11/h2-4,8-10H,5-7H2,1H3/t8-,9-,10-/m1/s1. The summed E-state index contributed by atoms with van der Waals surface area (Å²) < 4.78 is 10.8. The third kappa shape index (κ3) is 1.83. The molecule has 0 N–H and O–H groups in total. The maximum Gasteiger partial charge on any atom is 0.230 e. The van der Waals surface area contributed by atoms with Crippen LogP contribution in [0.2, 0.25) is 0 Å². The molecular formula is C14H15N3O3. The molecule has 3 heterocycles. The Bertz CT molecular complexity index is 634. The topological polar surface area (TPSA) is 72.4 Å². The maximum atomic E-state index is 11.5. The Balaban J connectivity index is 1.48. The number of carbonyl (C=O) groups is 1. The van der Waals surface area contributed by atoms with Crippen LogP contribution >= 0.6 is 0 Å². The minimum Gasteiger partial charge on any atom is -0.469 e. The van der Waals surface area contributed by atoms with E-state index in [1.54, 1.807) is 18.2 Å². The first-order valence-electron chi connectivity index (χ1n) is 6.83. The van der Waals surface area contributed by atoms with Crippen molar-refractivity contribution in [2.24, 2.45) is 0 Å². The summed E-state index contributed by atoms with van der Waals surface area (Å²) >= 11 is 0. The summed E-state index contributed by atoms with van der Waals surface area (Å²) in [6.45, 7) is 0.671. The number of hydrogen-bond acceptors (Lipinski definition) is 5. The van der Waals surface area contributed by atoms with Crippen molar-refractivity contribution in [2.75, 3.05) is 13.6 Å². The normalized spacial score (nSPS) is 29.1. The van der Waals surface area contributed by atoms with Crippen LogP contribution in [0.25, 0.3) is 0 Å². The number of aromatic nitrogens is 2. The van der Waals surface area contributed by atoms with Crippen LogP contribution in [-0.4, -0.2) is 34.5 Å². The summed E-state index contributed by atoms with van der Waals surface area (Å²) in [6, 6.07) is 3.87. The van der Waals surface area contributed by atoms with Crippen LogP contribution < -0.4 is 0 Å². The van der Waals surface area contributed by atoms with E-state index < -0.39 is 0 Å². The maximum absolute atomic E-state index is 11.5. The lowest BCUT2D eigenvalue weighted by Gasteiger charge is -2.06. The van der Waals surface area contributed by atoms with Crippen LogP contribution in [0.5, 0.6) is 0 Å². The summed E-state index contributed by atoms with van der Waals surface area (Å²) in [7, 11) is 1.80. The number of likely N-dealkylation sites (tertiary alicyclic amines) is 1. The molecule has 1 saturated heterocycles. The second-order valence-corrected chi connectivity index (χ2v) is 5.63. The number of carbonyl (C=O) groups excluding carboxylic acids is 1. The highest BCUT2D eigenvalue weighted by molar-refractivity contribution is 5.79. The fourth-order valence-electron chi connectivity index (χ4n) is 2.88. The number of likely N-dealkylation sites (N-methyl/N-ethyl adjacent to an activating group) is 1. The monoisotopic (exact) mass is 273 g/mol. The summed E-state index contributed by atoms with van der Waals surface area (Å²) in [5.74, 6) is 3.12. The summed E-state index contributed by atoms with van der Waals surface area (Å²) in [4.78, 5) is 17.7. The van der Waals surface area contributed by atoms with Crippen LogP contribution in [-0.2, 0) is 4.79 Å². The fraction of sp³-hybridized carbons (Fsp3) is 0.500. The predicted octanol–water partition coefficient (Wildman–Crippen LogP) is 1.88. The lowest BCUT2D eigenvalue weighted by molar-refractivity contribution is -0.126. The van der Waals surface area contributed by atoms with Crippen LogP contribution in [0.3, 0.4) is 0 Å². The Labute approximate surface area is 115 Å². The van der Waals surface area contributed by atoms with E-state index in [-0.39, 0.29) is 17.7 Å². The zero-order chi connectivity index (χ0) is 13.7. The van der Waals surface area contributed by atoms with Crippen molar-refractivity contribution >= 4 is 5.91 Å². The van der Waals surface area contributed by atoms with Gasteiger partial charge >= 0.3 is 0 Å². The van der Waals surface area contributed by atoms with Crippen LogP contribution in [0.1, 0.15) is 48.1 Å². The van der Waals surface area contributed by atoms with Gasteiger partial charge < -0.3 is 13.8 Å². The summed E-state index contributed by atoms with van der Waals surface area (Å²) in [6.07, 6.45) is 3.14. The molecule has 1 amide bonds. The lowest BCUT2D eigenvalue weighted by Crippen LogP contribution is -2.18. The molecule has 20 heavy (non-hydrogen) atoms. The van der Waals surface area contributed by atoms with Crippen LogP contribution in [0, 0.1) is 0 Å². The highest BCUT2D eigenvalue weighted by Gasteiger charge is 2.46. The van der Waals surface area contributed by atoms with Crippen molar-refractivity contribution < 1.29 is 13.7 Å². The average molecular weight is 273 g/mol. The largest absolute Gasteiger partial charge is 0.469 e. The molecule has 6 nitrogen and oxygen atoms in total. The van der Waals surface area contributed by atoms with E-state index in [0.29, 0.717) is 30.6 Å². The first-order valence-corrected chi connectivity index (χ1v) is 6.83. The van der Waals surface area contributed by atoms with Crippen molar-refractivity contribution in [3.8, 4) is 0 Å². The number of hydrogen-bond donors (Lipinski definition) is 0. The molecule has 0 bridgehead atoms. The molecule has 2 aromatic heterocycles. The van der Waals surface area contributed by atoms with Crippen molar-refractivity contribution in [2.45, 2.75) is 30.6 Å². The smallest absolute Gasteiger partial charge is 0.230 e. The van der Waals surface area contributed by atoms with Crippen molar-refractivity contribution in [3.63, 3.8) is 0 Å². The Kier molecular flexibility index (Phi) is 2.45. The number of amides is 1. The number of furan rings is 1. The van der Waals surface area contributed by atoms with Gasteiger partial charge in [0.15, 0.2) is 5.82 Å². The molecule has 3 atom stereocenters. The van der Waals surface area contributed by atoms with E-state index in [1.165, 1.54) is 0 Å². The van der Waals surface area contributed by atoms with Gasteiger partial charge in [-0.15, -0.1) is 0 Å². The van der Waals surface area contributed by atoms with Gasteiger partial charge in [0.25, 0.3) is 0 Å².